The van der Waals surface area contributed by atoms with E-state index in [0.717, 1.165) is 0 Å². The zero-order valence-corrected chi connectivity index (χ0v) is 10.5. The van der Waals surface area contributed by atoms with Gasteiger partial charge in [0, 0.05) is 20.3 Å². The minimum atomic E-state index is -0.351. The number of nitrogens with zero attached hydrogens (tertiary/aromatic N) is 3. The van der Waals surface area contributed by atoms with E-state index in [9.17, 15) is 9.59 Å². The second kappa shape index (κ2) is 4.52. The molecule has 0 bridgehead atoms. The number of aromatic nitrogens is 4. The summed E-state index contributed by atoms with van der Waals surface area (Å²) in [5, 5.41) is 9.01. The van der Waals surface area contributed by atoms with Crippen molar-refractivity contribution in [3.8, 4) is 0 Å². The third-order valence-electron chi connectivity index (χ3n) is 2.83. The van der Waals surface area contributed by atoms with E-state index in [-0.39, 0.29) is 17.6 Å². The van der Waals surface area contributed by atoms with Crippen molar-refractivity contribution in [1.29, 1.82) is 0 Å². The average Bonchev–Trinajstić information content (AvgIpc) is 2.87. The highest BCUT2D eigenvalue weighted by atomic mass is 16.2. The third kappa shape index (κ3) is 2.06. The normalized spacial score (nSPS) is 12.4. The van der Waals surface area contributed by atoms with Crippen LogP contribution in [0.2, 0.25) is 0 Å². The predicted octanol–water partition coefficient (Wildman–Crippen LogP) is -0.0621. The Labute approximate surface area is 103 Å². The molecule has 2 N–H and O–H groups in total. The first-order valence-electron chi connectivity index (χ1n) is 5.54. The summed E-state index contributed by atoms with van der Waals surface area (Å²) in [6, 6.07) is 3.17. The Morgan fingerprint density at radius 2 is 2.22 bits per heavy atom. The summed E-state index contributed by atoms with van der Waals surface area (Å²) in [5.41, 5.74) is 0.257. The van der Waals surface area contributed by atoms with Crippen molar-refractivity contribution in [2.45, 2.75) is 13.0 Å². The van der Waals surface area contributed by atoms with Gasteiger partial charge in [0.2, 0.25) is 0 Å². The van der Waals surface area contributed by atoms with Gasteiger partial charge in [-0.2, -0.15) is 5.10 Å². The van der Waals surface area contributed by atoms with E-state index < -0.39 is 0 Å². The van der Waals surface area contributed by atoms with Gasteiger partial charge in [0.1, 0.15) is 5.69 Å². The lowest BCUT2D eigenvalue weighted by atomic mass is 10.3. The maximum absolute atomic E-state index is 12.0. The number of carbonyl (C=O) groups is 1. The maximum Gasteiger partial charge on any atom is 0.343 e. The number of hydrogen-bond donors (Lipinski definition) is 2. The van der Waals surface area contributed by atoms with Crippen LogP contribution in [0, 0.1) is 0 Å². The average molecular weight is 249 g/mol. The number of carbonyl (C=O) groups excluding carboxylic acids is 1. The van der Waals surface area contributed by atoms with Crippen molar-refractivity contribution in [3.05, 3.63) is 40.3 Å². The van der Waals surface area contributed by atoms with Gasteiger partial charge < -0.3 is 9.88 Å². The molecule has 96 valence electrons. The van der Waals surface area contributed by atoms with Gasteiger partial charge in [0.15, 0.2) is 5.82 Å². The van der Waals surface area contributed by atoms with Gasteiger partial charge in [-0.25, -0.2) is 9.89 Å². The van der Waals surface area contributed by atoms with Gasteiger partial charge in [-0.05, 0) is 19.1 Å². The highest BCUT2D eigenvalue weighted by Gasteiger charge is 2.17. The van der Waals surface area contributed by atoms with E-state index >= 15 is 0 Å². The molecule has 0 aliphatic rings. The second-order valence-electron chi connectivity index (χ2n) is 4.15. The summed E-state index contributed by atoms with van der Waals surface area (Å²) in [4.78, 5) is 23.2. The topological polar surface area (TPSA) is 84.7 Å². The van der Waals surface area contributed by atoms with E-state index in [2.05, 4.69) is 15.5 Å². The molecular weight excluding hydrogens is 234 g/mol. The molecule has 0 aliphatic heterocycles. The van der Waals surface area contributed by atoms with Gasteiger partial charge >= 0.3 is 5.69 Å². The van der Waals surface area contributed by atoms with Crippen molar-refractivity contribution in [2.24, 2.45) is 14.1 Å². The van der Waals surface area contributed by atoms with Gasteiger partial charge in [-0.3, -0.25) is 9.36 Å². The fraction of sp³-hybridized carbons (Fsp3) is 0.364. The molecule has 0 aliphatic carbocycles. The minimum absolute atomic E-state index is 0.203. The van der Waals surface area contributed by atoms with Crippen LogP contribution in [0.4, 0.5) is 0 Å². The Morgan fingerprint density at radius 1 is 1.50 bits per heavy atom. The molecule has 0 radical (unpaired) electrons. The Balaban J connectivity index is 2.15. The zero-order valence-electron chi connectivity index (χ0n) is 10.5. The molecule has 0 aromatic carbocycles. The van der Waals surface area contributed by atoms with Crippen molar-refractivity contribution in [1.82, 2.24) is 24.6 Å². The Bertz CT molecular complexity index is 621. The van der Waals surface area contributed by atoms with Crippen LogP contribution in [-0.2, 0) is 14.1 Å². The SMILES string of the molecule is C[C@H](NC(=O)c1cccn1C)c1n[nH]c(=O)n1C. The number of H-pyrrole nitrogens is 1. The summed E-state index contributed by atoms with van der Waals surface area (Å²) >= 11 is 0. The molecule has 0 fully saturated rings. The first-order valence-corrected chi connectivity index (χ1v) is 5.54. The molecule has 0 spiro atoms. The molecule has 0 saturated heterocycles. The minimum Gasteiger partial charge on any atom is -0.347 e. The van der Waals surface area contributed by atoms with Gasteiger partial charge in [0.05, 0.1) is 6.04 Å². The first-order chi connectivity index (χ1) is 8.50. The van der Waals surface area contributed by atoms with E-state index in [1.54, 1.807) is 43.9 Å². The molecule has 18 heavy (non-hydrogen) atoms. The summed E-state index contributed by atoms with van der Waals surface area (Å²) in [7, 11) is 3.40. The largest absolute Gasteiger partial charge is 0.347 e. The quantitative estimate of drug-likeness (QED) is 0.799. The van der Waals surface area contributed by atoms with E-state index in [1.165, 1.54) is 4.57 Å². The van der Waals surface area contributed by atoms with Crippen molar-refractivity contribution in [2.75, 3.05) is 0 Å². The number of hydrogen-bond acceptors (Lipinski definition) is 3. The molecule has 1 atom stereocenters. The number of rotatable bonds is 3. The maximum atomic E-state index is 12.0. The Morgan fingerprint density at radius 3 is 2.72 bits per heavy atom. The van der Waals surface area contributed by atoms with Crippen LogP contribution in [0.5, 0.6) is 0 Å². The van der Waals surface area contributed by atoms with Gasteiger partial charge in [0.25, 0.3) is 5.91 Å². The number of amides is 1. The highest BCUT2D eigenvalue weighted by Crippen LogP contribution is 2.08. The predicted molar refractivity (Wildman–Crippen MR) is 65.1 cm³/mol. The van der Waals surface area contributed by atoms with Crippen LogP contribution >= 0.6 is 0 Å². The van der Waals surface area contributed by atoms with Crippen LogP contribution in [-0.4, -0.2) is 25.2 Å². The van der Waals surface area contributed by atoms with E-state index in [4.69, 9.17) is 0 Å². The van der Waals surface area contributed by atoms with Crippen LogP contribution in [0.25, 0.3) is 0 Å². The van der Waals surface area contributed by atoms with Crippen LogP contribution in [0.15, 0.2) is 23.1 Å². The summed E-state index contributed by atoms with van der Waals surface area (Å²) in [6.07, 6.45) is 1.80. The lowest BCUT2D eigenvalue weighted by molar-refractivity contribution is 0.0929. The van der Waals surface area contributed by atoms with E-state index in [0.29, 0.717) is 11.5 Å². The molecule has 2 aromatic rings. The van der Waals surface area contributed by atoms with Crippen LogP contribution in [0.3, 0.4) is 0 Å². The standard InChI is InChI=1S/C11H15N5O2/c1-7(9-13-14-11(18)16(9)3)12-10(17)8-5-4-6-15(8)2/h4-7H,1-3H3,(H,12,17)(H,14,18)/t7-/m0/s1. The number of aryl methyl sites for hydroxylation is 1. The summed E-state index contributed by atoms with van der Waals surface area (Å²) in [6.45, 7) is 1.77. The lowest BCUT2D eigenvalue weighted by Gasteiger charge is -2.12. The lowest BCUT2D eigenvalue weighted by Crippen LogP contribution is -2.30. The molecule has 2 aromatic heterocycles. The Hall–Kier alpha value is -2.31. The highest BCUT2D eigenvalue weighted by molar-refractivity contribution is 5.92. The van der Waals surface area contributed by atoms with Crippen LogP contribution < -0.4 is 11.0 Å². The smallest absolute Gasteiger partial charge is 0.343 e. The molecule has 2 rings (SSSR count). The molecule has 7 heteroatoms. The fourth-order valence-electron chi connectivity index (χ4n) is 1.78. The molecule has 0 unspecified atom stereocenters. The second-order valence-corrected chi connectivity index (χ2v) is 4.15. The monoisotopic (exact) mass is 249 g/mol. The summed E-state index contributed by atoms with van der Waals surface area (Å²) < 4.78 is 3.10. The third-order valence-corrected chi connectivity index (χ3v) is 2.83. The molecule has 2 heterocycles. The van der Waals surface area contributed by atoms with Gasteiger partial charge in [-0.1, -0.05) is 0 Å². The number of nitrogens with one attached hydrogen (secondary N) is 2. The van der Waals surface area contributed by atoms with Crippen molar-refractivity contribution >= 4 is 5.91 Å². The zero-order chi connectivity index (χ0) is 13.3. The van der Waals surface area contributed by atoms with Crippen molar-refractivity contribution in [3.63, 3.8) is 0 Å². The molecule has 0 saturated carbocycles. The molecule has 7 nitrogen and oxygen atoms in total. The van der Waals surface area contributed by atoms with E-state index in [1.807, 2.05) is 0 Å². The van der Waals surface area contributed by atoms with Crippen molar-refractivity contribution < 1.29 is 4.79 Å². The Kier molecular flexibility index (Phi) is 3.05. The molecular formula is C11H15N5O2. The first kappa shape index (κ1) is 12.2. The van der Waals surface area contributed by atoms with Gasteiger partial charge in [-0.15, -0.1) is 0 Å². The fourth-order valence-corrected chi connectivity index (χ4v) is 1.78. The number of aromatic amines is 1. The summed E-state index contributed by atoms with van der Waals surface area (Å²) in [5.74, 6) is 0.285. The molecule has 1 amide bonds. The van der Waals surface area contributed by atoms with Crippen LogP contribution in [0.1, 0.15) is 29.3 Å².